The summed E-state index contributed by atoms with van der Waals surface area (Å²) in [7, 11) is 1.48. The summed E-state index contributed by atoms with van der Waals surface area (Å²) in [4.78, 5) is 0. The SMILES string of the molecule is COc1ccc2c(c1)C(C)(C)c1c-2cc2ccc(OC)cc2c1-c1cccc(O[Si](C)(C)C(C)(C)C)c1. The molecule has 5 rings (SSSR count). The zero-order valence-electron chi connectivity index (χ0n) is 23.6. The molecule has 4 aromatic rings. The number of methoxy groups -OCH3 is 2. The fourth-order valence-electron chi connectivity index (χ4n) is 5.36. The second kappa shape index (κ2) is 8.66. The van der Waals surface area contributed by atoms with Crippen LogP contribution in [0.1, 0.15) is 45.7 Å². The van der Waals surface area contributed by atoms with Gasteiger partial charge in [-0.1, -0.05) is 58.9 Å². The normalized spacial score (nSPS) is 14.3. The average molecular weight is 511 g/mol. The van der Waals surface area contributed by atoms with Crippen molar-refractivity contribution in [2.45, 2.75) is 58.2 Å². The fourth-order valence-corrected chi connectivity index (χ4v) is 6.39. The topological polar surface area (TPSA) is 27.7 Å². The third-order valence-corrected chi connectivity index (χ3v) is 12.8. The summed E-state index contributed by atoms with van der Waals surface area (Å²) in [6, 6.07) is 23.9. The Morgan fingerprint density at radius 2 is 1.41 bits per heavy atom. The first-order valence-corrected chi connectivity index (χ1v) is 15.9. The van der Waals surface area contributed by atoms with Gasteiger partial charge in [0, 0.05) is 5.41 Å². The van der Waals surface area contributed by atoms with Crippen LogP contribution in [0.2, 0.25) is 18.1 Å². The summed E-state index contributed by atoms with van der Waals surface area (Å²) in [5.41, 5.74) is 7.38. The van der Waals surface area contributed by atoms with E-state index in [1.165, 1.54) is 44.2 Å². The van der Waals surface area contributed by atoms with Gasteiger partial charge in [-0.2, -0.15) is 0 Å². The van der Waals surface area contributed by atoms with Crippen molar-refractivity contribution in [3.8, 4) is 39.5 Å². The minimum Gasteiger partial charge on any atom is -0.543 e. The average Bonchev–Trinajstić information content (AvgIpc) is 3.07. The van der Waals surface area contributed by atoms with Crippen LogP contribution in [0.5, 0.6) is 17.2 Å². The lowest BCUT2D eigenvalue weighted by molar-refractivity contribution is 0.413. The van der Waals surface area contributed by atoms with Crippen LogP contribution in [-0.4, -0.2) is 22.5 Å². The zero-order valence-corrected chi connectivity index (χ0v) is 24.6. The second-order valence-electron chi connectivity index (χ2n) is 12.2. The number of hydrogen-bond acceptors (Lipinski definition) is 3. The minimum absolute atomic E-state index is 0.125. The number of fused-ring (bicyclic) bond motifs is 4. The predicted octanol–water partition coefficient (Wildman–Crippen LogP) is 9.21. The number of ether oxygens (including phenoxy) is 2. The second-order valence-corrected chi connectivity index (χ2v) is 16.9. The van der Waals surface area contributed by atoms with Crippen LogP contribution < -0.4 is 13.9 Å². The van der Waals surface area contributed by atoms with Gasteiger partial charge in [-0.05, 0) is 105 Å². The van der Waals surface area contributed by atoms with Gasteiger partial charge in [0.2, 0.25) is 8.32 Å². The Balaban J connectivity index is 1.80. The quantitative estimate of drug-likeness (QED) is 0.250. The third kappa shape index (κ3) is 4.12. The van der Waals surface area contributed by atoms with E-state index >= 15 is 0 Å². The molecule has 3 nitrogen and oxygen atoms in total. The molecule has 0 aliphatic heterocycles. The molecule has 0 unspecified atom stereocenters. The molecule has 0 radical (unpaired) electrons. The number of hydrogen-bond donors (Lipinski definition) is 0. The van der Waals surface area contributed by atoms with Crippen LogP contribution in [0, 0.1) is 0 Å². The molecular weight excluding hydrogens is 472 g/mol. The smallest absolute Gasteiger partial charge is 0.250 e. The highest BCUT2D eigenvalue weighted by Gasteiger charge is 2.40. The van der Waals surface area contributed by atoms with Gasteiger partial charge in [0.25, 0.3) is 0 Å². The molecule has 0 fully saturated rings. The monoisotopic (exact) mass is 510 g/mol. The Kier molecular flexibility index (Phi) is 5.95. The van der Waals surface area contributed by atoms with E-state index in [-0.39, 0.29) is 10.5 Å². The lowest BCUT2D eigenvalue weighted by Gasteiger charge is -2.36. The van der Waals surface area contributed by atoms with Gasteiger partial charge in [-0.25, -0.2) is 0 Å². The molecule has 1 aliphatic carbocycles. The highest BCUT2D eigenvalue weighted by molar-refractivity contribution is 6.74. The van der Waals surface area contributed by atoms with Crippen molar-refractivity contribution >= 4 is 19.1 Å². The van der Waals surface area contributed by atoms with Gasteiger partial charge in [0.05, 0.1) is 14.2 Å². The highest BCUT2D eigenvalue weighted by atomic mass is 28.4. The first kappa shape index (κ1) is 25.4. The number of rotatable bonds is 5. The van der Waals surface area contributed by atoms with Gasteiger partial charge in [-0.3, -0.25) is 0 Å². The molecule has 0 aromatic heterocycles. The Labute approximate surface area is 222 Å². The van der Waals surface area contributed by atoms with E-state index < -0.39 is 8.32 Å². The minimum atomic E-state index is -1.98. The van der Waals surface area contributed by atoms with E-state index in [0.717, 1.165) is 17.2 Å². The van der Waals surface area contributed by atoms with Crippen LogP contribution in [0.4, 0.5) is 0 Å². The molecule has 4 aromatic carbocycles. The molecule has 0 bridgehead atoms. The maximum Gasteiger partial charge on any atom is 0.250 e. The summed E-state index contributed by atoms with van der Waals surface area (Å²) in [6.07, 6.45) is 0. The Morgan fingerprint density at radius 3 is 2.08 bits per heavy atom. The molecule has 0 amide bonds. The summed E-state index contributed by atoms with van der Waals surface area (Å²) < 4.78 is 18.0. The molecule has 0 saturated carbocycles. The molecule has 0 N–H and O–H groups in total. The molecule has 1 aliphatic rings. The first-order chi connectivity index (χ1) is 17.4. The predicted molar refractivity (Wildman–Crippen MR) is 158 cm³/mol. The van der Waals surface area contributed by atoms with Crippen LogP contribution in [-0.2, 0) is 5.41 Å². The van der Waals surface area contributed by atoms with E-state index in [4.69, 9.17) is 13.9 Å². The van der Waals surface area contributed by atoms with E-state index in [2.05, 4.69) is 108 Å². The largest absolute Gasteiger partial charge is 0.543 e. The molecule has 0 spiro atoms. The zero-order chi connectivity index (χ0) is 26.8. The summed E-state index contributed by atoms with van der Waals surface area (Å²) >= 11 is 0. The van der Waals surface area contributed by atoms with Gasteiger partial charge in [-0.15, -0.1) is 0 Å². The van der Waals surface area contributed by atoms with Crippen molar-refractivity contribution in [2.75, 3.05) is 14.2 Å². The van der Waals surface area contributed by atoms with Crippen molar-refractivity contribution in [1.29, 1.82) is 0 Å². The van der Waals surface area contributed by atoms with Gasteiger partial charge >= 0.3 is 0 Å². The standard InChI is InChI=1S/C33H38O3Si/c1-32(2,3)37(8,9)36-25-12-10-11-22(17-25)30-27-19-23(34-6)14-13-21(27)18-28-26-16-15-24(35-7)20-29(26)33(4,5)31(28)30/h10-20H,1-9H3. The molecule has 4 heteroatoms. The van der Waals surface area contributed by atoms with E-state index in [1.54, 1.807) is 14.2 Å². The molecule has 37 heavy (non-hydrogen) atoms. The Hall–Kier alpha value is -3.24. The van der Waals surface area contributed by atoms with Crippen molar-refractivity contribution in [3.05, 3.63) is 77.9 Å². The summed E-state index contributed by atoms with van der Waals surface area (Å²) in [6.45, 7) is 16.1. The van der Waals surface area contributed by atoms with Gasteiger partial charge in [0.15, 0.2) is 0 Å². The summed E-state index contributed by atoms with van der Waals surface area (Å²) in [5, 5.41) is 2.51. The van der Waals surface area contributed by atoms with Gasteiger partial charge < -0.3 is 13.9 Å². The van der Waals surface area contributed by atoms with Crippen molar-refractivity contribution in [3.63, 3.8) is 0 Å². The van der Waals surface area contributed by atoms with Crippen LogP contribution in [0.15, 0.2) is 66.7 Å². The van der Waals surface area contributed by atoms with E-state index in [1.807, 2.05) is 6.07 Å². The van der Waals surface area contributed by atoms with Crippen molar-refractivity contribution < 1.29 is 13.9 Å². The van der Waals surface area contributed by atoms with Crippen LogP contribution in [0.25, 0.3) is 33.0 Å². The highest BCUT2D eigenvalue weighted by Crippen LogP contribution is 2.55. The first-order valence-electron chi connectivity index (χ1n) is 13.0. The Morgan fingerprint density at radius 1 is 0.730 bits per heavy atom. The maximum absolute atomic E-state index is 6.75. The molecule has 0 saturated heterocycles. The fraction of sp³-hybridized carbons (Fsp3) is 0.333. The van der Waals surface area contributed by atoms with E-state index in [9.17, 15) is 0 Å². The maximum atomic E-state index is 6.75. The molecule has 192 valence electrons. The Bertz CT molecular complexity index is 1510. The van der Waals surface area contributed by atoms with Crippen molar-refractivity contribution in [1.82, 2.24) is 0 Å². The molecule has 0 heterocycles. The van der Waals surface area contributed by atoms with Gasteiger partial charge in [0.1, 0.15) is 17.2 Å². The van der Waals surface area contributed by atoms with Crippen molar-refractivity contribution in [2.24, 2.45) is 0 Å². The lowest BCUT2D eigenvalue weighted by atomic mass is 9.77. The summed E-state index contributed by atoms with van der Waals surface area (Å²) in [5.74, 6) is 2.68. The van der Waals surface area contributed by atoms with E-state index in [0.29, 0.717) is 0 Å². The lowest BCUT2D eigenvalue weighted by Crippen LogP contribution is -2.43. The molecule has 0 atom stereocenters. The van der Waals surface area contributed by atoms with Crippen LogP contribution >= 0.6 is 0 Å². The number of benzene rings is 4. The van der Waals surface area contributed by atoms with Crippen LogP contribution in [0.3, 0.4) is 0 Å². The third-order valence-electron chi connectivity index (χ3n) is 8.47. The molecular formula is C33H38O3Si.